The number of non-ortho nitro benzene ring substituents is 3. The molecule has 0 atom stereocenters. The summed E-state index contributed by atoms with van der Waals surface area (Å²) in [6.45, 7) is 1.89. The van der Waals surface area contributed by atoms with Gasteiger partial charge in [0.25, 0.3) is 17.1 Å². The minimum atomic E-state index is -0.514. The molecule has 11 nitrogen and oxygen atoms in total. The topological polar surface area (TPSA) is 159 Å². The van der Waals surface area contributed by atoms with Gasteiger partial charge in [-0.3, -0.25) is 30.3 Å². The Hall–Kier alpha value is -4.54. The smallest absolute Gasteiger partial charge is 0.269 e. The van der Waals surface area contributed by atoms with Crippen LogP contribution in [0.15, 0.2) is 72.8 Å². The Labute approximate surface area is 176 Å². The third kappa shape index (κ3) is 9.00. The van der Waals surface area contributed by atoms with Crippen molar-refractivity contribution in [3.63, 3.8) is 0 Å². The van der Waals surface area contributed by atoms with Crippen molar-refractivity contribution in [1.82, 2.24) is 0 Å². The zero-order valence-electron chi connectivity index (χ0n) is 16.6. The van der Waals surface area contributed by atoms with E-state index in [1.54, 1.807) is 24.3 Å². The van der Waals surface area contributed by atoms with E-state index in [9.17, 15) is 30.3 Å². The normalized spacial score (nSPS) is 9.23. The molecule has 0 saturated carbocycles. The van der Waals surface area contributed by atoms with Crippen molar-refractivity contribution in [1.29, 1.82) is 0 Å². The largest absolute Gasteiger partial charge is 0.508 e. The summed E-state index contributed by atoms with van der Waals surface area (Å²) in [6, 6.07) is 17.4. The van der Waals surface area contributed by atoms with Gasteiger partial charge in [-0.15, -0.1) is 0 Å². The second kappa shape index (κ2) is 12.1. The molecule has 0 radical (unpaired) electrons. The van der Waals surface area contributed by atoms with E-state index in [1.165, 1.54) is 55.6 Å². The Balaban J connectivity index is 0.000000233. The first-order valence-electron chi connectivity index (χ1n) is 8.57. The van der Waals surface area contributed by atoms with Crippen LogP contribution in [0.1, 0.15) is 5.56 Å². The van der Waals surface area contributed by atoms with Gasteiger partial charge < -0.3 is 9.84 Å². The molecule has 162 valence electrons. The maximum Gasteiger partial charge on any atom is 0.269 e. The third-order valence-corrected chi connectivity index (χ3v) is 3.59. The van der Waals surface area contributed by atoms with E-state index >= 15 is 0 Å². The number of phenols is 1. The standard InChI is InChI=1S/C7H7NO3.C7H7NO2.C6H5NO3/c1-11-7-4-2-6(3-5-7)8(9)10;1-6-2-4-7(5-3-6)8(9)10;8-6-3-1-5(2-4-6)7(9)10/h2-5H,1H3;2-5H,1H3;1-4,8H. The van der Waals surface area contributed by atoms with E-state index < -0.39 is 14.8 Å². The molecule has 31 heavy (non-hydrogen) atoms. The number of rotatable bonds is 4. The highest BCUT2D eigenvalue weighted by Gasteiger charge is 2.03. The van der Waals surface area contributed by atoms with E-state index in [0.29, 0.717) is 5.75 Å². The van der Waals surface area contributed by atoms with E-state index in [2.05, 4.69) is 0 Å². The predicted molar refractivity (Wildman–Crippen MR) is 112 cm³/mol. The van der Waals surface area contributed by atoms with Crippen molar-refractivity contribution in [2.75, 3.05) is 7.11 Å². The summed E-state index contributed by atoms with van der Waals surface area (Å²) in [7, 11) is 1.52. The summed E-state index contributed by atoms with van der Waals surface area (Å²) in [5.41, 5.74) is 1.24. The molecule has 0 heterocycles. The molecule has 3 rings (SSSR count). The summed E-state index contributed by atoms with van der Waals surface area (Å²) in [4.78, 5) is 29.0. The fourth-order valence-corrected chi connectivity index (χ4v) is 1.94. The van der Waals surface area contributed by atoms with Crippen LogP contribution in [-0.2, 0) is 0 Å². The van der Waals surface area contributed by atoms with Crippen LogP contribution < -0.4 is 4.74 Å². The van der Waals surface area contributed by atoms with Gasteiger partial charge in [0.2, 0.25) is 0 Å². The van der Waals surface area contributed by atoms with Crippen LogP contribution in [0.2, 0.25) is 0 Å². The predicted octanol–water partition coefficient (Wildman–Crippen LogP) is 4.81. The Morgan fingerprint density at radius 1 is 0.645 bits per heavy atom. The average molecular weight is 429 g/mol. The number of hydrogen-bond acceptors (Lipinski definition) is 8. The zero-order chi connectivity index (χ0) is 23.4. The van der Waals surface area contributed by atoms with Crippen LogP contribution in [0.3, 0.4) is 0 Å². The molecular weight excluding hydrogens is 410 g/mol. The number of methoxy groups -OCH3 is 1. The molecular formula is C20H19N3O8. The maximum atomic E-state index is 10.2. The lowest BCUT2D eigenvalue weighted by molar-refractivity contribution is -0.385. The van der Waals surface area contributed by atoms with Gasteiger partial charge in [-0.1, -0.05) is 17.7 Å². The molecule has 0 aliphatic rings. The van der Waals surface area contributed by atoms with Gasteiger partial charge in [-0.05, 0) is 31.2 Å². The fourth-order valence-electron chi connectivity index (χ4n) is 1.94. The SMILES string of the molecule is COc1ccc([N+](=O)[O-])cc1.Cc1ccc([N+](=O)[O-])cc1.O=[N+]([O-])c1ccc(O)cc1. The Kier molecular flexibility index (Phi) is 9.57. The van der Waals surface area contributed by atoms with Crippen molar-refractivity contribution < 1.29 is 24.6 Å². The molecule has 0 saturated heterocycles. The molecule has 0 bridgehead atoms. The number of aromatic hydroxyl groups is 1. The highest BCUT2D eigenvalue weighted by atomic mass is 16.6. The Morgan fingerprint density at radius 3 is 1.29 bits per heavy atom. The summed E-state index contributed by atoms with van der Waals surface area (Å²) >= 11 is 0. The average Bonchev–Trinajstić information content (AvgIpc) is 2.75. The summed E-state index contributed by atoms with van der Waals surface area (Å²) in [5, 5.41) is 39.0. The highest BCUT2D eigenvalue weighted by Crippen LogP contribution is 2.16. The first-order chi connectivity index (χ1) is 14.6. The molecule has 0 aliphatic carbocycles. The molecule has 0 aliphatic heterocycles. The lowest BCUT2D eigenvalue weighted by Crippen LogP contribution is -1.87. The van der Waals surface area contributed by atoms with Crippen molar-refractivity contribution in [2.24, 2.45) is 0 Å². The maximum absolute atomic E-state index is 10.2. The van der Waals surface area contributed by atoms with E-state index in [4.69, 9.17) is 9.84 Å². The molecule has 11 heteroatoms. The van der Waals surface area contributed by atoms with E-state index in [-0.39, 0.29) is 22.8 Å². The fraction of sp³-hybridized carbons (Fsp3) is 0.100. The number of benzene rings is 3. The summed E-state index contributed by atoms with van der Waals surface area (Å²) in [6.07, 6.45) is 0. The van der Waals surface area contributed by atoms with Gasteiger partial charge in [0, 0.05) is 36.4 Å². The Morgan fingerprint density at radius 2 is 0.968 bits per heavy atom. The molecule has 3 aromatic carbocycles. The van der Waals surface area contributed by atoms with Crippen LogP contribution in [-0.4, -0.2) is 27.0 Å². The quantitative estimate of drug-likeness (QED) is 0.457. The molecule has 0 amide bonds. The summed E-state index contributed by atoms with van der Waals surface area (Å²) < 4.78 is 4.83. The second-order valence-corrected chi connectivity index (χ2v) is 5.82. The Bertz CT molecular complexity index is 949. The number of hydrogen-bond donors (Lipinski definition) is 1. The lowest BCUT2D eigenvalue weighted by Gasteiger charge is -1.96. The third-order valence-electron chi connectivity index (χ3n) is 3.59. The van der Waals surface area contributed by atoms with Gasteiger partial charge in [-0.25, -0.2) is 0 Å². The van der Waals surface area contributed by atoms with Gasteiger partial charge in [-0.2, -0.15) is 0 Å². The molecule has 0 spiro atoms. The van der Waals surface area contributed by atoms with Gasteiger partial charge in [0.05, 0.1) is 21.9 Å². The number of ether oxygens (including phenoxy) is 1. The van der Waals surface area contributed by atoms with Crippen LogP contribution >= 0.6 is 0 Å². The first kappa shape index (κ1) is 24.5. The second-order valence-electron chi connectivity index (χ2n) is 5.82. The first-order valence-corrected chi connectivity index (χ1v) is 8.57. The van der Waals surface area contributed by atoms with Gasteiger partial charge in [0.1, 0.15) is 11.5 Å². The zero-order valence-corrected chi connectivity index (χ0v) is 16.6. The number of aryl methyl sites for hydroxylation is 1. The minimum Gasteiger partial charge on any atom is -0.508 e. The van der Waals surface area contributed by atoms with E-state index in [1.807, 2.05) is 6.92 Å². The molecule has 3 aromatic rings. The van der Waals surface area contributed by atoms with Crippen LogP contribution in [0.4, 0.5) is 17.1 Å². The highest BCUT2D eigenvalue weighted by molar-refractivity contribution is 5.36. The molecule has 0 unspecified atom stereocenters. The van der Waals surface area contributed by atoms with Crippen molar-refractivity contribution in [3.8, 4) is 11.5 Å². The number of nitro groups is 3. The molecule has 0 fully saturated rings. The van der Waals surface area contributed by atoms with Gasteiger partial charge >= 0.3 is 0 Å². The van der Waals surface area contributed by atoms with Crippen LogP contribution in [0, 0.1) is 37.3 Å². The lowest BCUT2D eigenvalue weighted by atomic mass is 10.2. The van der Waals surface area contributed by atoms with Crippen molar-refractivity contribution in [3.05, 3.63) is 109 Å². The van der Waals surface area contributed by atoms with E-state index in [0.717, 1.165) is 5.56 Å². The van der Waals surface area contributed by atoms with Crippen molar-refractivity contribution in [2.45, 2.75) is 6.92 Å². The number of nitrogens with zero attached hydrogens (tertiary/aromatic N) is 3. The van der Waals surface area contributed by atoms with Crippen molar-refractivity contribution >= 4 is 17.1 Å². The van der Waals surface area contributed by atoms with Gasteiger partial charge in [0.15, 0.2) is 0 Å². The number of phenolic OH excluding ortho intramolecular Hbond substituents is 1. The summed E-state index contributed by atoms with van der Waals surface area (Å²) in [5.74, 6) is 0.654. The minimum absolute atomic E-state index is 0.0159. The number of nitro benzene ring substituents is 3. The molecule has 0 aromatic heterocycles. The monoisotopic (exact) mass is 429 g/mol. The van der Waals surface area contributed by atoms with Crippen LogP contribution in [0.5, 0.6) is 11.5 Å². The van der Waals surface area contributed by atoms with Crippen LogP contribution in [0.25, 0.3) is 0 Å². The molecule has 1 N–H and O–H groups in total.